The van der Waals surface area contributed by atoms with Crippen LogP contribution in [0, 0.1) is 23.2 Å². The topological polar surface area (TPSA) is 88.0 Å². The Balaban J connectivity index is 1.24. The van der Waals surface area contributed by atoms with E-state index in [1.165, 1.54) is 30.6 Å². The van der Waals surface area contributed by atoms with Crippen LogP contribution in [-0.2, 0) is 4.79 Å². The van der Waals surface area contributed by atoms with Gasteiger partial charge < -0.3 is 9.73 Å². The Morgan fingerprint density at radius 1 is 1.18 bits per heavy atom. The van der Waals surface area contributed by atoms with Crippen LogP contribution in [-0.4, -0.2) is 15.9 Å². The molecule has 2 aromatic heterocycles. The summed E-state index contributed by atoms with van der Waals surface area (Å²) >= 11 is 1.44. The van der Waals surface area contributed by atoms with E-state index in [2.05, 4.69) is 15.3 Å². The molecule has 4 saturated carbocycles. The predicted octanol–water partition coefficient (Wildman–Crippen LogP) is 4.40. The fraction of sp³-hybridized carbons (Fsp3) is 0.476. The number of aromatic amines is 1. The van der Waals surface area contributed by atoms with Gasteiger partial charge in [0.25, 0.3) is 0 Å². The van der Waals surface area contributed by atoms with E-state index in [1.54, 1.807) is 6.07 Å². The second kappa shape index (κ2) is 5.80. The van der Waals surface area contributed by atoms with Gasteiger partial charge in [-0.2, -0.15) is 0 Å². The van der Waals surface area contributed by atoms with Gasteiger partial charge in [-0.25, -0.2) is 9.78 Å². The summed E-state index contributed by atoms with van der Waals surface area (Å²) in [5.74, 6) is 1.93. The van der Waals surface area contributed by atoms with Crippen LogP contribution in [0.4, 0.5) is 5.13 Å². The fourth-order valence-corrected chi connectivity index (χ4v) is 6.90. The third kappa shape index (κ3) is 2.56. The van der Waals surface area contributed by atoms with Crippen LogP contribution in [0.15, 0.2) is 32.8 Å². The summed E-state index contributed by atoms with van der Waals surface area (Å²) in [6.07, 6.45) is 7.12. The van der Waals surface area contributed by atoms with Crippen LogP contribution in [0.1, 0.15) is 38.5 Å². The molecule has 6 nitrogen and oxygen atoms in total. The minimum absolute atomic E-state index is 0.166. The number of thiazole rings is 1. The molecular weight excluding hydrogens is 374 g/mol. The molecule has 4 fully saturated rings. The molecule has 0 spiro atoms. The van der Waals surface area contributed by atoms with Crippen LogP contribution < -0.4 is 11.1 Å². The number of hydrogen-bond donors (Lipinski definition) is 2. The van der Waals surface area contributed by atoms with Gasteiger partial charge in [0.05, 0.1) is 16.6 Å². The summed E-state index contributed by atoms with van der Waals surface area (Å²) in [7, 11) is 0. The van der Waals surface area contributed by atoms with Gasteiger partial charge in [-0.1, -0.05) is 6.07 Å². The number of benzene rings is 1. The zero-order valence-electron chi connectivity index (χ0n) is 15.4. The molecule has 4 aliphatic rings. The molecule has 0 aliphatic heterocycles. The lowest BCUT2D eigenvalue weighted by atomic mass is 9.49. The van der Waals surface area contributed by atoms with Gasteiger partial charge in [-0.3, -0.25) is 9.78 Å². The average molecular weight is 395 g/mol. The van der Waals surface area contributed by atoms with Crippen molar-refractivity contribution in [1.82, 2.24) is 9.97 Å². The number of aromatic nitrogens is 2. The number of carbonyl (C=O) groups is 1. The summed E-state index contributed by atoms with van der Waals surface area (Å²) in [6.45, 7) is 0. The molecule has 7 rings (SSSR count). The molecule has 4 bridgehead atoms. The molecule has 0 unspecified atom stereocenters. The number of amides is 1. The normalized spacial score (nSPS) is 30.8. The van der Waals surface area contributed by atoms with E-state index in [9.17, 15) is 9.59 Å². The zero-order valence-corrected chi connectivity index (χ0v) is 16.2. The summed E-state index contributed by atoms with van der Waals surface area (Å²) in [4.78, 5) is 31.8. The Morgan fingerprint density at radius 3 is 2.61 bits per heavy atom. The minimum Gasteiger partial charge on any atom is -0.408 e. The number of hydrogen-bond acceptors (Lipinski definition) is 5. The third-order valence-corrected chi connectivity index (χ3v) is 7.72. The van der Waals surface area contributed by atoms with Gasteiger partial charge >= 0.3 is 5.76 Å². The van der Waals surface area contributed by atoms with E-state index in [0.29, 0.717) is 16.2 Å². The van der Waals surface area contributed by atoms with E-state index < -0.39 is 5.76 Å². The smallest absolute Gasteiger partial charge is 0.408 e. The summed E-state index contributed by atoms with van der Waals surface area (Å²) in [5.41, 5.74) is 2.64. The lowest BCUT2D eigenvalue weighted by Gasteiger charge is -2.55. The molecule has 1 aromatic carbocycles. The molecule has 144 valence electrons. The highest BCUT2D eigenvalue weighted by molar-refractivity contribution is 7.14. The highest BCUT2D eigenvalue weighted by Gasteiger charge is 2.54. The standard InChI is InChI=1S/C21H21N3O3S/c25-18(21-7-11-3-12(8-21)5-13(4-11)9-21)24-19-22-16(10-28-19)14-1-2-15-17(6-14)27-20(26)23-15/h1-2,6,10-13H,3-5,7-9H2,(H,23,26)(H,22,24,25). The second-order valence-electron chi connectivity index (χ2n) is 8.92. The van der Waals surface area contributed by atoms with Crippen LogP contribution in [0.5, 0.6) is 0 Å². The number of carbonyl (C=O) groups excluding carboxylic acids is 1. The molecule has 2 heterocycles. The van der Waals surface area contributed by atoms with Gasteiger partial charge in [0.2, 0.25) is 5.91 Å². The molecular formula is C21H21N3O3S. The summed E-state index contributed by atoms with van der Waals surface area (Å²) in [6, 6.07) is 5.50. The number of anilines is 1. The zero-order chi connectivity index (χ0) is 18.9. The molecule has 2 N–H and O–H groups in total. The molecule has 3 aromatic rings. The summed E-state index contributed by atoms with van der Waals surface area (Å²) in [5, 5.41) is 5.70. The SMILES string of the molecule is O=C(Nc1nc(-c2ccc3[nH]c(=O)oc3c2)cs1)C12CC3CC(CC(C3)C1)C2. The van der Waals surface area contributed by atoms with Gasteiger partial charge in [0.1, 0.15) is 0 Å². The van der Waals surface area contributed by atoms with Crippen molar-refractivity contribution in [1.29, 1.82) is 0 Å². The van der Waals surface area contributed by atoms with Crippen LogP contribution >= 0.6 is 11.3 Å². The van der Waals surface area contributed by atoms with Crippen molar-refractivity contribution in [2.75, 3.05) is 5.32 Å². The number of nitrogens with one attached hydrogen (secondary N) is 2. The van der Waals surface area contributed by atoms with Crippen molar-refractivity contribution in [2.24, 2.45) is 23.2 Å². The van der Waals surface area contributed by atoms with E-state index in [1.807, 2.05) is 17.5 Å². The fourth-order valence-electron chi connectivity index (χ4n) is 6.19. The van der Waals surface area contributed by atoms with E-state index >= 15 is 0 Å². The Hall–Kier alpha value is -2.41. The quantitative estimate of drug-likeness (QED) is 0.688. The number of oxazole rings is 1. The Kier molecular flexibility index (Phi) is 3.42. The van der Waals surface area contributed by atoms with Gasteiger partial charge in [0.15, 0.2) is 10.7 Å². The predicted molar refractivity (Wildman–Crippen MR) is 107 cm³/mol. The lowest BCUT2D eigenvalue weighted by molar-refractivity contribution is -0.140. The first-order chi connectivity index (χ1) is 13.6. The van der Waals surface area contributed by atoms with Crippen molar-refractivity contribution in [3.8, 4) is 11.3 Å². The van der Waals surface area contributed by atoms with Crippen LogP contribution in [0.3, 0.4) is 0 Å². The minimum atomic E-state index is -0.464. The number of H-pyrrole nitrogens is 1. The van der Waals surface area contributed by atoms with E-state index in [0.717, 1.165) is 48.3 Å². The number of nitrogens with zero attached hydrogens (tertiary/aromatic N) is 1. The Morgan fingerprint density at radius 2 is 1.89 bits per heavy atom. The van der Waals surface area contributed by atoms with Crippen molar-refractivity contribution in [3.63, 3.8) is 0 Å². The van der Waals surface area contributed by atoms with E-state index in [4.69, 9.17) is 4.42 Å². The molecule has 4 aliphatic carbocycles. The van der Waals surface area contributed by atoms with Crippen molar-refractivity contribution < 1.29 is 9.21 Å². The van der Waals surface area contributed by atoms with Crippen LogP contribution in [0.2, 0.25) is 0 Å². The highest BCUT2D eigenvalue weighted by atomic mass is 32.1. The number of fused-ring (bicyclic) bond motifs is 1. The van der Waals surface area contributed by atoms with Gasteiger partial charge in [-0.15, -0.1) is 11.3 Å². The van der Waals surface area contributed by atoms with Gasteiger partial charge in [0, 0.05) is 10.9 Å². The van der Waals surface area contributed by atoms with Crippen LogP contribution in [0.25, 0.3) is 22.4 Å². The first-order valence-electron chi connectivity index (χ1n) is 9.97. The first kappa shape index (κ1) is 16.5. The average Bonchev–Trinajstić information content (AvgIpc) is 3.25. The molecule has 0 saturated heterocycles. The largest absolute Gasteiger partial charge is 0.417 e. The third-order valence-electron chi connectivity index (χ3n) is 6.96. The molecule has 0 atom stereocenters. The Labute approximate surface area is 165 Å². The van der Waals surface area contributed by atoms with Crippen molar-refractivity contribution >= 4 is 33.5 Å². The molecule has 0 radical (unpaired) electrons. The molecule has 7 heteroatoms. The monoisotopic (exact) mass is 395 g/mol. The van der Waals surface area contributed by atoms with E-state index in [-0.39, 0.29) is 11.3 Å². The highest BCUT2D eigenvalue weighted by Crippen LogP contribution is 2.60. The van der Waals surface area contributed by atoms with Crippen molar-refractivity contribution in [2.45, 2.75) is 38.5 Å². The Bertz CT molecular complexity index is 1110. The molecule has 1 amide bonds. The maximum Gasteiger partial charge on any atom is 0.417 e. The summed E-state index contributed by atoms with van der Waals surface area (Å²) < 4.78 is 5.13. The lowest BCUT2D eigenvalue weighted by Crippen LogP contribution is -2.51. The number of rotatable bonds is 3. The second-order valence-corrected chi connectivity index (χ2v) is 9.77. The van der Waals surface area contributed by atoms with Gasteiger partial charge in [-0.05, 0) is 68.4 Å². The maximum atomic E-state index is 13.2. The molecule has 28 heavy (non-hydrogen) atoms. The first-order valence-corrected chi connectivity index (χ1v) is 10.8. The van der Waals surface area contributed by atoms with Crippen molar-refractivity contribution in [3.05, 3.63) is 34.1 Å². The maximum absolute atomic E-state index is 13.2.